The molecule has 6 heteroatoms. The number of carboxylic acids is 1. The van der Waals surface area contributed by atoms with Gasteiger partial charge in [0.05, 0.1) is 17.7 Å². The maximum atomic E-state index is 11.0. The minimum atomic E-state index is -1.08. The summed E-state index contributed by atoms with van der Waals surface area (Å²) in [5.41, 5.74) is 1.95. The van der Waals surface area contributed by atoms with Crippen molar-refractivity contribution in [2.24, 2.45) is 0 Å². The Morgan fingerprint density at radius 3 is 2.71 bits per heavy atom. The highest BCUT2D eigenvalue weighted by atomic mass is 35.5. The Labute approximate surface area is 127 Å². The van der Waals surface area contributed by atoms with E-state index in [1.54, 1.807) is 12.4 Å². The molecule has 0 amide bonds. The van der Waals surface area contributed by atoms with E-state index in [1.165, 1.54) is 19.2 Å². The smallest absolute Gasteiger partial charge is 0.335 e. The van der Waals surface area contributed by atoms with E-state index in [2.05, 4.69) is 4.98 Å². The van der Waals surface area contributed by atoms with Gasteiger partial charge in [-0.15, -0.1) is 0 Å². The summed E-state index contributed by atoms with van der Waals surface area (Å²) in [6.45, 7) is 2.20. The molecule has 0 radical (unpaired) electrons. The van der Waals surface area contributed by atoms with Crippen molar-refractivity contribution in [2.45, 2.75) is 13.5 Å². The van der Waals surface area contributed by atoms with Gasteiger partial charge in [-0.05, 0) is 30.7 Å². The largest absolute Gasteiger partial charge is 0.493 e. The molecule has 2 rings (SSSR count). The second-order valence-corrected chi connectivity index (χ2v) is 4.86. The topological polar surface area (TPSA) is 68.7 Å². The van der Waals surface area contributed by atoms with Gasteiger partial charge in [0.1, 0.15) is 6.61 Å². The van der Waals surface area contributed by atoms with Crippen molar-refractivity contribution in [2.75, 3.05) is 7.11 Å². The van der Waals surface area contributed by atoms with Crippen LogP contribution in [0, 0.1) is 6.92 Å². The lowest BCUT2D eigenvalue weighted by atomic mass is 10.2. The van der Waals surface area contributed by atoms with Crippen molar-refractivity contribution in [3.8, 4) is 11.5 Å². The number of carboxylic acid groups (broad SMARTS) is 1. The number of hydrogen-bond donors (Lipinski definition) is 1. The van der Waals surface area contributed by atoms with Crippen molar-refractivity contribution in [1.82, 2.24) is 4.98 Å². The summed E-state index contributed by atoms with van der Waals surface area (Å²) in [5.74, 6) is -0.490. The zero-order valence-corrected chi connectivity index (χ0v) is 12.3. The number of hydrogen-bond acceptors (Lipinski definition) is 4. The summed E-state index contributed by atoms with van der Waals surface area (Å²) in [6, 6.07) is 4.65. The van der Waals surface area contributed by atoms with E-state index in [0.717, 1.165) is 11.1 Å². The molecule has 1 N–H and O–H groups in total. The molecule has 110 valence electrons. The van der Waals surface area contributed by atoms with Crippen molar-refractivity contribution in [1.29, 1.82) is 0 Å². The van der Waals surface area contributed by atoms with Crippen LogP contribution >= 0.6 is 11.6 Å². The number of aromatic carboxylic acids is 1. The molecule has 0 saturated carbocycles. The van der Waals surface area contributed by atoms with Gasteiger partial charge in [-0.2, -0.15) is 0 Å². The highest BCUT2D eigenvalue weighted by molar-refractivity contribution is 6.32. The third kappa shape index (κ3) is 3.64. The van der Waals surface area contributed by atoms with Crippen LogP contribution in [0.3, 0.4) is 0 Å². The van der Waals surface area contributed by atoms with Gasteiger partial charge in [-0.25, -0.2) is 4.79 Å². The lowest BCUT2D eigenvalue weighted by Crippen LogP contribution is -2.02. The van der Waals surface area contributed by atoms with Crippen LogP contribution in [0.4, 0.5) is 0 Å². The molecule has 0 aliphatic carbocycles. The summed E-state index contributed by atoms with van der Waals surface area (Å²) < 4.78 is 10.8. The molecule has 0 unspecified atom stereocenters. The van der Waals surface area contributed by atoms with Crippen LogP contribution in [-0.4, -0.2) is 23.2 Å². The lowest BCUT2D eigenvalue weighted by molar-refractivity contribution is 0.0696. The van der Waals surface area contributed by atoms with Crippen molar-refractivity contribution >= 4 is 17.6 Å². The molecule has 0 bridgehead atoms. The van der Waals surface area contributed by atoms with Gasteiger partial charge in [-0.3, -0.25) is 4.98 Å². The SMILES string of the molecule is COc1cc(C(=O)O)cc(Cl)c1OCc1cncc(C)c1. The van der Waals surface area contributed by atoms with Gasteiger partial charge in [0.15, 0.2) is 11.5 Å². The second kappa shape index (κ2) is 6.45. The summed E-state index contributed by atoms with van der Waals surface area (Å²) in [6.07, 6.45) is 3.44. The van der Waals surface area contributed by atoms with Gasteiger partial charge >= 0.3 is 5.97 Å². The van der Waals surface area contributed by atoms with Gasteiger partial charge in [-0.1, -0.05) is 11.6 Å². The Morgan fingerprint density at radius 1 is 1.33 bits per heavy atom. The fourth-order valence-electron chi connectivity index (χ4n) is 1.84. The minimum Gasteiger partial charge on any atom is -0.493 e. The van der Waals surface area contributed by atoms with Crippen LogP contribution in [0.2, 0.25) is 5.02 Å². The first kappa shape index (κ1) is 15.1. The van der Waals surface area contributed by atoms with Crippen LogP contribution < -0.4 is 9.47 Å². The summed E-state index contributed by atoms with van der Waals surface area (Å²) in [4.78, 5) is 15.1. The highest BCUT2D eigenvalue weighted by Gasteiger charge is 2.15. The first-order valence-corrected chi connectivity index (χ1v) is 6.53. The Kier molecular flexibility index (Phi) is 4.65. The molecule has 1 heterocycles. The van der Waals surface area contributed by atoms with Crippen LogP contribution in [0.1, 0.15) is 21.5 Å². The molecule has 5 nitrogen and oxygen atoms in total. The monoisotopic (exact) mass is 307 g/mol. The molecule has 0 fully saturated rings. The number of benzene rings is 1. The van der Waals surface area contributed by atoms with Crippen LogP contribution in [0.5, 0.6) is 11.5 Å². The van der Waals surface area contributed by atoms with E-state index >= 15 is 0 Å². The number of ether oxygens (including phenoxy) is 2. The van der Waals surface area contributed by atoms with Crippen LogP contribution in [0.15, 0.2) is 30.6 Å². The minimum absolute atomic E-state index is 0.0430. The van der Waals surface area contributed by atoms with Crippen molar-refractivity contribution in [3.63, 3.8) is 0 Å². The third-order valence-electron chi connectivity index (χ3n) is 2.79. The van der Waals surface area contributed by atoms with Gasteiger partial charge in [0.2, 0.25) is 0 Å². The van der Waals surface area contributed by atoms with E-state index in [4.69, 9.17) is 26.2 Å². The highest BCUT2D eigenvalue weighted by Crippen LogP contribution is 2.36. The van der Waals surface area contributed by atoms with E-state index in [1.807, 2.05) is 13.0 Å². The lowest BCUT2D eigenvalue weighted by Gasteiger charge is -2.13. The Hall–Kier alpha value is -2.27. The van der Waals surface area contributed by atoms with Gasteiger partial charge in [0.25, 0.3) is 0 Å². The number of halogens is 1. The van der Waals surface area contributed by atoms with Crippen molar-refractivity contribution in [3.05, 3.63) is 52.3 Å². The molecule has 0 atom stereocenters. The number of pyridine rings is 1. The first-order valence-electron chi connectivity index (χ1n) is 6.15. The second-order valence-electron chi connectivity index (χ2n) is 4.45. The predicted molar refractivity (Wildman–Crippen MR) is 78.3 cm³/mol. The number of aromatic nitrogens is 1. The summed E-state index contributed by atoms with van der Waals surface area (Å²) in [7, 11) is 1.43. The molecular weight excluding hydrogens is 294 g/mol. The fraction of sp³-hybridized carbons (Fsp3) is 0.200. The molecule has 0 saturated heterocycles. The zero-order chi connectivity index (χ0) is 15.4. The number of rotatable bonds is 5. The van der Waals surface area contributed by atoms with Gasteiger partial charge in [0, 0.05) is 18.0 Å². The summed E-state index contributed by atoms with van der Waals surface area (Å²) in [5, 5.41) is 9.18. The number of methoxy groups -OCH3 is 1. The molecule has 0 aliphatic rings. The maximum Gasteiger partial charge on any atom is 0.335 e. The average Bonchev–Trinajstić information content (AvgIpc) is 2.45. The molecule has 21 heavy (non-hydrogen) atoms. The van der Waals surface area contributed by atoms with Crippen LogP contribution in [0.25, 0.3) is 0 Å². The summed E-state index contributed by atoms with van der Waals surface area (Å²) >= 11 is 6.07. The van der Waals surface area contributed by atoms with Crippen LogP contribution in [-0.2, 0) is 6.61 Å². The van der Waals surface area contributed by atoms with Crippen molar-refractivity contribution < 1.29 is 19.4 Å². The van der Waals surface area contributed by atoms with E-state index in [0.29, 0.717) is 5.75 Å². The Morgan fingerprint density at radius 2 is 2.10 bits per heavy atom. The van der Waals surface area contributed by atoms with E-state index < -0.39 is 5.97 Å². The maximum absolute atomic E-state index is 11.0. The standard InChI is InChI=1S/C15H14ClNO4/c1-9-3-10(7-17-6-9)8-21-14-12(16)4-11(15(18)19)5-13(14)20-2/h3-7H,8H2,1-2H3,(H,18,19). The molecule has 1 aromatic carbocycles. The number of aryl methyl sites for hydroxylation is 1. The Balaban J connectivity index is 2.25. The average molecular weight is 308 g/mol. The fourth-order valence-corrected chi connectivity index (χ4v) is 2.10. The predicted octanol–water partition coefficient (Wildman–Crippen LogP) is 3.33. The zero-order valence-electron chi connectivity index (χ0n) is 11.6. The van der Waals surface area contributed by atoms with Gasteiger partial charge < -0.3 is 14.6 Å². The third-order valence-corrected chi connectivity index (χ3v) is 3.07. The number of nitrogens with zero attached hydrogens (tertiary/aromatic N) is 1. The molecule has 0 spiro atoms. The quantitative estimate of drug-likeness (QED) is 0.917. The molecule has 2 aromatic rings. The normalized spacial score (nSPS) is 10.2. The van der Waals surface area contributed by atoms with E-state index in [-0.39, 0.29) is 22.9 Å². The molecule has 0 aliphatic heterocycles. The first-order chi connectivity index (χ1) is 10.0. The molecular formula is C15H14ClNO4. The Bertz CT molecular complexity index is 673. The van der Waals surface area contributed by atoms with E-state index in [9.17, 15) is 4.79 Å². The number of carbonyl (C=O) groups is 1. The molecule has 1 aromatic heterocycles.